The second-order valence-corrected chi connectivity index (χ2v) is 4.07. The van der Waals surface area contributed by atoms with Gasteiger partial charge in [-0.15, -0.1) is 0 Å². The van der Waals surface area contributed by atoms with E-state index in [2.05, 4.69) is 12.2 Å². The van der Waals surface area contributed by atoms with Gasteiger partial charge in [0.25, 0.3) is 0 Å². The van der Waals surface area contributed by atoms with Gasteiger partial charge in [0, 0.05) is 26.1 Å². The molecule has 0 radical (unpaired) electrons. The van der Waals surface area contributed by atoms with Gasteiger partial charge < -0.3 is 10.2 Å². The lowest BCUT2D eigenvalue weighted by Gasteiger charge is -2.34. The number of nitrogens with zero attached hydrogens (tertiary/aromatic N) is 1. The Bertz CT molecular complexity index is 176. The van der Waals surface area contributed by atoms with Gasteiger partial charge in [-0.1, -0.05) is 13.3 Å². The minimum absolute atomic E-state index is 0.229. The Balaban J connectivity index is 2.43. The van der Waals surface area contributed by atoms with Crippen LogP contribution in [0.15, 0.2) is 0 Å². The molecule has 0 spiro atoms. The topological polar surface area (TPSA) is 32.3 Å². The molecule has 1 atom stereocenters. The lowest BCUT2D eigenvalue weighted by atomic mass is 10.1. The lowest BCUT2D eigenvalue weighted by Crippen LogP contribution is -2.48. The molecule has 14 heavy (non-hydrogen) atoms. The van der Waals surface area contributed by atoms with E-state index in [9.17, 15) is 4.79 Å². The van der Waals surface area contributed by atoms with Gasteiger partial charge in [0.15, 0.2) is 0 Å². The van der Waals surface area contributed by atoms with Crippen molar-refractivity contribution in [1.29, 1.82) is 0 Å². The summed E-state index contributed by atoms with van der Waals surface area (Å²) in [5, 5.41) is 3.35. The number of amides is 1. The molecular formula is C11H22N2O. The third-order valence-corrected chi connectivity index (χ3v) is 2.87. The molecule has 1 fully saturated rings. The van der Waals surface area contributed by atoms with Crippen molar-refractivity contribution in [2.75, 3.05) is 19.6 Å². The van der Waals surface area contributed by atoms with Crippen LogP contribution in [0.5, 0.6) is 0 Å². The van der Waals surface area contributed by atoms with E-state index >= 15 is 0 Å². The first kappa shape index (κ1) is 11.5. The van der Waals surface area contributed by atoms with Crippen LogP contribution >= 0.6 is 0 Å². The first-order valence-corrected chi connectivity index (χ1v) is 5.73. The van der Waals surface area contributed by atoms with Crippen molar-refractivity contribution >= 4 is 5.91 Å². The number of carbonyl (C=O) groups is 1. The number of carbonyl (C=O) groups excluding carboxylic acids is 1. The fourth-order valence-electron chi connectivity index (χ4n) is 2.03. The summed E-state index contributed by atoms with van der Waals surface area (Å²) in [7, 11) is 0. The van der Waals surface area contributed by atoms with Crippen molar-refractivity contribution in [3.8, 4) is 0 Å². The molecule has 0 aromatic carbocycles. The maximum atomic E-state index is 11.4. The fourth-order valence-corrected chi connectivity index (χ4v) is 2.03. The summed E-state index contributed by atoms with van der Waals surface area (Å²) in [5.41, 5.74) is 0. The smallest absolute Gasteiger partial charge is 0.219 e. The molecule has 0 saturated carbocycles. The Kier molecular flexibility index (Phi) is 4.94. The lowest BCUT2D eigenvalue weighted by molar-refractivity contribution is -0.131. The van der Waals surface area contributed by atoms with Crippen LogP contribution in [0.2, 0.25) is 0 Å². The summed E-state index contributed by atoms with van der Waals surface area (Å²) in [6.07, 6.45) is 4.64. The van der Waals surface area contributed by atoms with E-state index in [0.29, 0.717) is 6.04 Å². The minimum atomic E-state index is 0.229. The van der Waals surface area contributed by atoms with Crippen molar-refractivity contribution < 1.29 is 4.79 Å². The highest BCUT2D eigenvalue weighted by atomic mass is 16.2. The largest absolute Gasteiger partial charge is 0.339 e. The highest BCUT2D eigenvalue weighted by Crippen LogP contribution is 2.11. The summed E-state index contributed by atoms with van der Waals surface area (Å²) in [5.74, 6) is 0.229. The number of hydrogen-bond acceptors (Lipinski definition) is 2. The van der Waals surface area contributed by atoms with Gasteiger partial charge >= 0.3 is 0 Å². The van der Waals surface area contributed by atoms with Crippen LogP contribution in [0.25, 0.3) is 0 Å². The minimum Gasteiger partial charge on any atom is -0.339 e. The molecule has 1 aliphatic rings. The van der Waals surface area contributed by atoms with E-state index in [4.69, 9.17) is 0 Å². The Morgan fingerprint density at radius 1 is 1.57 bits per heavy atom. The second kappa shape index (κ2) is 6.02. The summed E-state index contributed by atoms with van der Waals surface area (Å²) < 4.78 is 0. The van der Waals surface area contributed by atoms with E-state index in [-0.39, 0.29) is 5.91 Å². The van der Waals surface area contributed by atoms with Crippen molar-refractivity contribution in [2.45, 2.75) is 45.6 Å². The van der Waals surface area contributed by atoms with E-state index in [0.717, 1.165) is 38.9 Å². The highest BCUT2D eigenvalue weighted by Gasteiger charge is 2.21. The molecule has 3 nitrogen and oxygen atoms in total. The molecule has 0 aliphatic carbocycles. The maximum absolute atomic E-state index is 11.4. The summed E-state index contributed by atoms with van der Waals surface area (Å²) in [4.78, 5) is 13.5. The molecule has 1 rings (SSSR count). The third kappa shape index (κ3) is 3.29. The van der Waals surface area contributed by atoms with Gasteiger partial charge in [-0.25, -0.2) is 0 Å². The van der Waals surface area contributed by atoms with E-state index in [1.54, 1.807) is 6.92 Å². The molecule has 1 heterocycles. The van der Waals surface area contributed by atoms with Crippen molar-refractivity contribution in [1.82, 2.24) is 10.2 Å². The monoisotopic (exact) mass is 198 g/mol. The van der Waals surface area contributed by atoms with Gasteiger partial charge in [0.2, 0.25) is 5.91 Å². The van der Waals surface area contributed by atoms with Crippen LogP contribution in [-0.4, -0.2) is 36.5 Å². The predicted molar refractivity (Wildman–Crippen MR) is 58.2 cm³/mol. The van der Waals surface area contributed by atoms with Gasteiger partial charge in [0.05, 0.1) is 0 Å². The molecule has 0 aromatic heterocycles. The van der Waals surface area contributed by atoms with Gasteiger partial charge in [0.1, 0.15) is 0 Å². The van der Waals surface area contributed by atoms with Crippen molar-refractivity contribution in [3.63, 3.8) is 0 Å². The predicted octanol–water partition coefficient (Wildman–Crippen LogP) is 1.39. The average Bonchev–Trinajstić information content (AvgIpc) is 2.19. The molecule has 82 valence electrons. The number of piperidine rings is 1. The molecule has 1 aliphatic heterocycles. The average molecular weight is 198 g/mol. The Hall–Kier alpha value is -0.570. The number of unbranched alkanes of at least 4 members (excludes halogenated alkanes) is 1. The normalized spacial score (nSPS) is 22.0. The molecule has 1 saturated heterocycles. The second-order valence-electron chi connectivity index (χ2n) is 4.07. The number of hydrogen-bond donors (Lipinski definition) is 1. The van der Waals surface area contributed by atoms with Gasteiger partial charge in [-0.05, 0) is 25.8 Å². The Morgan fingerprint density at radius 3 is 2.86 bits per heavy atom. The third-order valence-electron chi connectivity index (χ3n) is 2.87. The molecule has 1 unspecified atom stereocenters. The Morgan fingerprint density at radius 2 is 2.36 bits per heavy atom. The van der Waals surface area contributed by atoms with Crippen LogP contribution < -0.4 is 5.32 Å². The number of rotatable bonds is 4. The van der Waals surface area contributed by atoms with E-state index in [1.165, 1.54) is 6.42 Å². The van der Waals surface area contributed by atoms with Gasteiger partial charge in [-0.2, -0.15) is 0 Å². The van der Waals surface area contributed by atoms with E-state index < -0.39 is 0 Å². The molecule has 0 aromatic rings. The SMILES string of the molecule is CCCCN(C(C)=O)C1CCCNC1. The summed E-state index contributed by atoms with van der Waals surface area (Å²) in [6, 6.07) is 0.438. The first-order valence-electron chi connectivity index (χ1n) is 5.73. The van der Waals surface area contributed by atoms with Gasteiger partial charge in [-0.3, -0.25) is 4.79 Å². The highest BCUT2D eigenvalue weighted by molar-refractivity contribution is 5.73. The van der Waals surface area contributed by atoms with Crippen LogP contribution in [0.3, 0.4) is 0 Å². The molecule has 1 amide bonds. The maximum Gasteiger partial charge on any atom is 0.219 e. The number of nitrogens with one attached hydrogen (secondary N) is 1. The molecule has 1 N–H and O–H groups in total. The molecular weight excluding hydrogens is 176 g/mol. The van der Waals surface area contributed by atoms with Crippen LogP contribution in [0.1, 0.15) is 39.5 Å². The standard InChI is InChI=1S/C11H22N2O/c1-3-4-8-13(10(2)14)11-6-5-7-12-9-11/h11-12H,3-9H2,1-2H3. The quantitative estimate of drug-likeness (QED) is 0.740. The van der Waals surface area contributed by atoms with Crippen molar-refractivity contribution in [2.24, 2.45) is 0 Å². The summed E-state index contributed by atoms with van der Waals surface area (Å²) >= 11 is 0. The van der Waals surface area contributed by atoms with Crippen LogP contribution in [-0.2, 0) is 4.79 Å². The zero-order valence-corrected chi connectivity index (χ0v) is 9.38. The molecule has 3 heteroatoms. The Labute approximate surface area is 86.9 Å². The zero-order chi connectivity index (χ0) is 10.4. The summed E-state index contributed by atoms with van der Waals surface area (Å²) in [6.45, 7) is 6.86. The first-order chi connectivity index (χ1) is 6.75. The van der Waals surface area contributed by atoms with Crippen LogP contribution in [0, 0.1) is 0 Å². The van der Waals surface area contributed by atoms with Crippen molar-refractivity contribution in [3.05, 3.63) is 0 Å². The van der Waals surface area contributed by atoms with Crippen LogP contribution in [0.4, 0.5) is 0 Å². The van der Waals surface area contributed by atoms with E-state index in [1.807, 2.05) is 4.90 Å². The fraction of sp³-hybridized carbons (Fsp3) is 0.909. The zero-order valence-electron chi connectivity index (χ0n) is 9.38. The molecule has 0 bridgehead atoms.